The van der Waals surface area contributed by atoms with Crippen LogP contribution in [0.15, 0.2) is 51.4 Å². The number of halogens is 1. The highest BCUT2D eigenvalue weighted by Gasteiger charge is 2.29. The maximum atomic E-state index is 13.3. The van der Waals surface area contributed by atoms with Crippen LogP contribution in [0.25, 0.3) is 0 Å². The third-order valence-corrected chi connectivity index (χ3v) is 8.49. The Morgan fingerprint density at radius 1 is 1.29 bits per heavy atom. The number of nitrogens with one attached hydrogen (secondary N) is 1. The fourth-order valence-corrected chi connectivity index (χ4v) is 6.67. The van der Waals surface area contributed by atoms with E-state index in [1.807, 2.05) is 17.5 Å². The summed E-state index contributed by atoms with van der Waals surface area (Å²) >= 11 is 2.62. The minimum atomic E-state index is -2.95. The molecule has 3 heterocycles. The molecule has 0 unspecified atom stereocenters. The number of amides is 1. The summed E-state index contributed by atoms with van der Waals surface area (Å²) in [7, 11) is -2.95. The average molecular weight is 482 g/mol. The van der Waals surface area contributed by atoms with E-state index in [1.165, 1.54) is 23.5 Å². The predicted molar refractivity (Wildman–Crippen MR) is 116 cm³/mol. The van der Waals surface area contributed by atoms with E-state index in [4.69, 9.17) is 4.42 Å². The van der Waals surface area contributed by atoms with Gasteiger partial charge in [-0.2, -0.15) is 0 Å². The van der Waals surface area contributed by atoms with Crippen LogP contribution in [0, 0.1) is 11.7 Å². The molecule has 1 amide bonds. The number of hydrogen-bond acceptors (Lipinski definition) is 8. The highest BCUT2D eigenvalue weighted by Crippen LogP contribution is 2.27. The molecule has 2 atom stereocenters. The maximum absolute atomic E-state index is 13.3. The van der Waals surface area contributed by atoms with Gasteiger partial charge in [0, 0.05) is 11.3 Å². The normalized spacial score (nSPS) is 18.7. The second-order valence-corrected chi connectivity index (χ2v) is 11.4. The number of carbonyl (C=O) groups is 1. The van der Waals surface area contributed by atoms with Gasteiger partial charge in [0.1, 0.15) is 5.82 Å². The second-order valence-electron chi connectivity index (χ2n) is 7.29. The summed E-state index contributed by atoms with van der Waals surface area (Å²) in [4.78, 5) is 13.5. The Hall–Kier alpha value is -2.24. The molecular weight excluding hydrogens is 461 g/mol. The first-order valence-electron chi connectivity index (χ1n) is 9.62. The molecule has 1 saturated heterocycles. The van der Waals surface area contributed by atoms with Crippen LogP contribution in [-0.2, 0) is 21.1 Å². The Bertz CT molecular complexity index is 1130. The lowest BCUT2D eigenvalue weighted by atomic mass is 10.1. The van der Waals surface area contributed by atoms with Crippen LogP contribution in [0.5, 0.6) is 0 Å². The van der Waals surface area contributed by atoms with Gasteiger partial charge in [0.2, 0.25) is 11.8 Å². The van der Waals surface area contributed by atoms with E-state index in [2.05, 4.69) is 15.5 Å². The molecule has 7 nitrogen and oxygen atoms in total. The molecule has 0 saturated carbocycles. The number of carbonyl (C=O) groups excluding carboxylic acids is 1. The molecule has 1 N–H and O–H groups in total. The fraction of sp³-hybridized carbons (Fsp3) is 0.350. The van der Waals surface area contributed by atoms with Gasteiger partial charge in [-0.1, -0.05) is 30.0 Å². The molecular formula is C20H20FN3O4S3. The zero-order chi connectivity index (χ0) is 21.8. The average Bonchev–Trinajstić information content (AvgIpc) is 3.47. The fourth-order valence-electron chi connectivity index (χ4n) is 3.42. The third-order valence-electron chi connectivity index (χ3n) is 4.90. The van der Waals surface area contributed by atoms with Crippen LogP contribution in [0.3, 0.4) is 0 Å². The van der Waals surface area contributed by atoms with E-state index in [9.17, 15) is 17.6 Å². The number of thiophene rings is 1. The number of thioether (sulfide) groups is 1. The molecule has 1 fully saturated rings. The molecule has 4 rings (SSSR count). The van der Waals surface area contributed by atoms with Crippen molar-refractivity contribution in [3.63, 3.8) is 0 Å². The molecule has 0 spiro atoms. The number of aromatic nitrogens is 2. The quantitative estimate of drug-likeness (QED) is 0.493. The largest absolute Gasteiger partial charge is 0.416 e. The topological polar surface area (TPSA) is 102 Å². The molecule has 164 valence electrons. The van der Waals surface area contributed by atoms with Crippen LogP contribution in [0.4, 0.5) is 4.39 Å². The van der Waals surface area contributed by atoms with Crippen molar-refractivity contribution < 1.29 is 22.0 Å². The molecule has 11 heteroatoms. The number of benzene rings is 1. The van der Waals surface area contributed by atoms with Gasteiger partial charge < -0.3 is 9.73 Å². The highest BCUT2D eigenvalue weighted by atomic mass is 32.2. The smallest absolute Gasteiger partial charge is 0.277 e. The summed E-state index contributed by atoms with van der Waals surface area (Å²) in [6, 6.07) is 9.48. The van der Waals surface area contributed by atoms with E-state index < -0.39 is 9.84 Å². The van der Waals surface area contributed by atoms with E-state index >= 15 is 0 Å². The van der Waals surface area contributed by atoms with Crippen LogP contribution < -0.4 is 5.32 Å². The predicted octanol–water partition coefficient (Wildman–Crippen LogP) is 3.25. The molecule has 0 aliphatic carbocycles. The van der Waals surface area contributed by atoms with Gasteiger partial charge in [-0.15, -0.1) is 21.5 Å². The van der Waals surface area contributed by atoms with Crippen LogP contribution in [0.1, 0.15) is 28.8 Å². The lowest BCUT2D eigenvalue weighted by Crippen LogP contribution is -2.30. The summed E-state index contributed by atoms with van der Waals surface area (Å²) < 4.78 is 42.0. The van der Waals surface area contributed by atoms with Crippen molar-refractivity contribution in [1.29, 1.82) is 0 Å². The van der Waals surface area contributed by atoms with Gasteiger partial charge >= 0.3 is 0 Å². The van der Waals surface area contributed by atoms with E-state index in [0.29, 0.717) is 18.7 Å². The van der Waals surface area contributed by atoms with Crippen molar-refractivity contribution in [2.24, 2.45) is 5.92 Å². The number of sulfone groups is 1. The Balaban J connectivity index is 1.34. The van der Waals surface area contributed by atoms with Gasteiger partial charge in [0.25, 0.3) is 5.22 Å². The first-order chi connectivity index (χ1) is 14.9. The van der Waals surface area contributed by atoms with E-state index in [-0.39, 0.29) is 46.2 Å². The first kappa shape index (κ1) is 22.0. The van der Waals surface area contributed by atoms with Crippen LogP contribution >= 0.6 is 23.1 Å². The van der Waals surface area contributed by atoms with Crippen LogP contribution in [0.2, 0.25) is 0 Å². The molecule has 3 aromatic rings. The van der Waals surface area contributed by atoms with Gasteiger partial charge in [0.05, 0.1) is 23.3 Å². The van der Waals surface area contributed by atoms with E-state index in [1.54, 1.807) is 12.1 Å². The zero-order valence-electron chi connectivity index (χ0n) is 16.4. The van der Waals surface area contributed by atoms with Crippen molar-refractivity contribution in [1.82, 2.24) is 15.5 Å². The Kier molecular flexibility index (Phi) is 6.73. The molecule has 1 aliphatic rings. The lowest BCUT2D eigenvalue weighted by Gasteiger charge is -2.18. The van der Waals surface area contributed by atoms with Gasteiger partial charge in [-0.25, -0.2) is 12.8 Å². The Morgan fingerprint density at radius 2 is 2.10 bits per heavy atom. The third kappa shape index (κ3) is 5.92. The molecule has 1 aliphatic heterocycles. The highest BCUT2D eigenvalue weighted by molar-refractivity contribution is 7.99. The molecule has 1 aromatic carbocycles. The second kappa shape index (κ2) is 9.49. The van der Waals surface area contributed by atoms with Crippen molar-refractivity contribution in [2.45, 2.75) is 24.1 Å². The standard InChI is InChI=1S/C20H20FN3O4S3/c21-15-5-3-14(4-6-15)19(16-2-1-8-29-16)22-17(25)11-30-20-24-23-18(28-20)10-13-7-9-31(26,27)12-13/h1-6,8,13,19H,7,9-12H2,(H,22,25)/t13-,19-/m0/s1. The number of nitrogens with zero attached hydrogens (tertiary/aromatic N) is 2. The monoisotopic (exact) mass is 481 g/mol. The van der Waals surface area contributed by atoms with Crippen molar-refractivity contribution in [3.8, 4) is 0 Å². The Labute approximate surface area is 187 Å². The number of hydrogen-bond donors (Lipinski definition) is 1. The lowest BCUT2D eigenvalue weighted by molar-refractivity contribution is -0.119. The molecule has 0 radical (unpaired) electrons. The first-order valence-corrected chi connectivity index (χ1v) is 13.3. The van der Waals surface area contributed by atoms with Gasteiger partial charge in [-0.3, -0.25) is 4.79 Å². The van der Waals surface area contributed by atoms with Crippen LogP contribution in [-0.4, -0.2) is 41.8 Å². The molecule has 31 heavy (non-hydrogen) atoms. The molecule has 2 aromatic heterocycles. The Morgan fingerprint density at radius 3 is 2.77 bits per heavy atom. The summed E-state index contributed by atoms with van der Waals surface area (Å²) in [6.07, 6.45) is 1.02. The summed E-state index contributed by atoms with van der Waals surface area (Å²) in [6.45, 7) is 0. The van der Waals surface area contributed by atoms with Gasteiger partial charge in [0.15, 0.2) is 9.84 Å². The van der Waals surface area contributed by atoms with Gasteiger partial charge in [-0.05, 0) is 41.5 Å². The van der Waals surface area contributed by atoms with Crippen molar-refractivity contribution in [3.05, 3.63) is 63.9 Å². The summed E-state index contributed by atoms with van der Waals surface area (Å²) in [5.41, 5.74) is 0.786. The SMILES string of the molecule is O=C(CSc1nnc(C[C@@H]2CCS(=O)(=O)C2)o1)N[C@@H](c1ccc(F)cc1)c1cccs1. The van der Waals surface area contributed by atoms with Crippen molar-refractivity contribution >= 4 is 38.8 Å². The minimum Gasteiger partial charge on any atom is -0.416 e. The molecule has 0 bridgehead atoms. The summed E-state index contributed by atoms with van der Waals surface area (Å²) in [5.74, 6) is 0.234. The van der Waals surface area contributed by atoms with Crippen molar-refractivity contribution in [2.75, 3.05) is 17.3 Å². The zero-order valence-corrected chi connectivity index (χ0v) is 18.8. The summed E-state index contributed by atoms with van der Waals surface area (Å²) in [5, 5.41) is 13.1. The van der Waals surface area contributed by atoms with E-state index in [0.717, 1.165) is 22.2 Å². The number of rotatable bonds is 8. The maximum Gasteiger partial charge on any atom is 0.277 e. The minimum absolute atomic E-state index is 0.00568.